The van der Waals surface area contributed by atoms with Gasteiger partial charge in [-0.25, -0.2) is 0 Å². The molecule has 2 atom stereocenters. The monoisotopic (exact) mass is 357 g/mol. The zero-order chi connectivity index (χ0) is 17.3. The van der Waals surface area contributed by atoms with E-state index in [1.807, 2.05) is 12.1 Å². The summed E-state index contributed by atoms with van der Waals surface area (Å²) in [5, 5.41) is 0. The second-order valence-corrected chi connectivity index (χ2v) is 7.18. The Morgan fingerprint density at radius 1 is 0.958 bits per heavy atom. The Kier molecular flexibility index (Phi) is 4.85. The van der Waals surface area contributed by atoms with Crippen molar-refractivity contribution in [2.45, 2.75) is 34.6 Å². The average molecular weight is 358 g/mol. The predicted molar refractivity (Wildman–Crippen MR) is 100 cm³/mol. The lowest BCUT2D eigenvalue weighted by Gasteiger charge is -2.30. The van der Waals surface area contributed by atoms with Gasteiger partial charge < -0.3 is 5.73 Å². The molecular formula is C19H19NO2S2. The van der Waals surface area contributed by atoms with Crippen LogP contribution in [-0.2, 0) is 0 Å². The molecule has 0 aromatic heterocycles. The molecule has 1 aliphatic carbocycles. The first-order valence-corrected chi connectivity index (χ1v) is 8.78. The first kappa shape index (κ1) is 17.3. The summed E-state index contributed by atoms with van der Waals surface area (Å²) in [7, 11) is 0. The molecule has 0 bridgehead atoms. The highest BCUT2D eigenvalue weighted by atomic mass is 32.1. The number of ketones is 2. The zero-order valence-corrected chi connectivity index (χ0v) is 14.9. The van der Waals surface area contributed by atoms with Gasteiger partial charge in [0, 0.05) is 26.8 Å². The van der Waals surface area contributed by atoms with Gasteiger partial charge in [-0.05, 0) is 25.0 Å². The third-order valence-corrected chi connectivity index (χ3v) is 5.54. The van der Waals surface area contributed by atoms with Gasteiger partial charge in [0.2, 0.25) is 0 Å². The SMILES string of the molecule is NC1(C(=O)c2ccccc2S)CCCC1C(=O)c1ccccc1S. The minimum absolute atomic E-state index is 0.106. The lowest BCUT2D eigenvalue weighted by Crippen LogP contribution is -2.53. The van der Waals surface area contributed by atoms with Gasteiger partial charge in [0.1, 0.15) is 0 Å². The summed E-state index contributed by atoms with van der Waals surface area (Å²) in [6.07, 6.45) is 1.86. The predicted octanol–water partition coefficient (Wildman–Crippen LogP) is 3.83. The van der Waals surface area contributed by atoms with Crippen molar-refractivity contribution in [2.24, 2.45) is 11.7 Å². The summed E-state index contributed by atoms with van der Waals surface area (Å²) < 4.78 is 0. The molecule has 0 heterocycles. The van der Waals surface area contributed by atoms with E-state index in [0.29, 0.717) is 33.8 Å². The van der Waals surface area contributed by atoms with Gasteiger partial charge in [0.15, 0.2) is 11.6 Å². The lowest BCUT2D eigenvalue weighted by molar-refractivity contribution is 0.0753. The van der Waals surface area contributed by atoms with Gasteiger partial charge in [-0.1, -0.05) is 42.8 Å². The molecule has 2 aromatic rings. The maximum Gasteiger partial charge on any atom is 0.184 e. The van der Waals surface area contributed by atoms with E-state index in [0.717, 1.165) is 6.42 Å². The third-order valence-electron chi connectivity index (χ3n) is 4.76. The highest BCUT2D eigenvalue weighted by Crippen LogP contribution is 2.39. The quantitative estimate of drug-likeness (QED) is 0.576. The maximum absolute atomic E-state index is 13.1. The molecule has 2 N–H and O–H groups in total. The minimum atomic E-state index is -1.19. The Hall–Kier alpha value is -1.56. The van der Waals surface area contributed by atoms with Gasteiger partial charge in [-0.15, -0.1) is 25.3 Å². The van der Waals surface area contributed by atoms with Crippen LogP contribution in [0, 0.1) is 5.92 Å². The number of carbonyl (C=O) groups is 2. The van der Waals surface area contributed by atoms with Crippen LogP contribution >= 0.6 is 25.3 Å². The Morgan fingerprint density at radius 3 is 2.08 bits per heavy atom. The summed E-state index contributed by atoms with van der Waals surface area (Å²) in [6, 6.07) is 14.2. The Bertz CT molecular complexity index is 805. The zero-order valence-electron chi connectivity index (χ0n) is 13.1. The number of thiol groups is 2. The summed E-state index contributed by atoms with van der Waals surface area (Å²) in [4.78, 5) is 27.3. The van der Waals surface area contributed by atoms with Crippen molar-refractivity contribution in [3.8, 4) is 0 Å². The maximum atomic E-state index is 13.1. The molecule has 3 rings (SSSR count). The van der Waals surface area contributed by atoms with Crippen molar-refractivity contribution in [1.29, 1.82) is 0 Å². The summed E-state index contributed by atoms with van der Waals surface area (Å²) >= 11 is 8.73. The number of hydrogen-bond acceptors (Lipinski definition) is 5. The van der Waals surface area contributed by atoms with Crippen molar-refractivity contribution in [2.75, 3.05) is 0 Å². The molecule has 2 aromatic carbocycles. The fourth-order valence-electron chi connectivity index (χ4n) is 3.45. The molecule has 0 aliphatic heterocycles. The third kappa shape index (κ3) is 2.92. The molecule has 5 heteroatoms. The van der Waals surface area contributed by atoms with Crippen molar-refractivity contribution < 1.29 is 9.59 Å². The van der Waals surface area contributed by atoms with Gasteiger partial charge in [0.05, 0.1) is 5.54 Å². The van der Waals surface area contributed by atoms with Gasteiger partial charge in [0.25, 0.3) is 0 Å². The molecule has 3 nitrogen and oxygen atoms in total. The van der Waals surface area contributed by atoms with Crippen LogP contribution in [0.2, 0.25) is 0 Å². The van der Waals surface area contributed by atoms with E-state index in [-0.39, 0.29) is 11.6 Å². The highest BCUT2D eigenvalue weighted by molar-refractivity contribution is 7.80. The van der Waals surface area contributed by atoms with Crippen molar-refractivity contribution in [3.05, 3.63) is 59.7 Å². The number of hydrogen-bond donors (Lipinski definition) is 3. The number of benzene rings is 2. The first-order chi connectivity index (χ1) is 11.4. The largest absolute Gasteiger partial charge is 0.318 e. The Balaban J connectivity index is 1.98. The molecule has 0 saturated heterocycles. The summed E-state index contributed by atoms with van der Waals surface area (Å²) in [5.41, 5.74) is 6.32. The molecular weight excluding hydrogens is 338 g/mol. The molecule has 1 aliphatic rings. The van der Waals surface area contributed by atoms with Crippen LogP contribution in [0.3, 0.4) is 0 Å². The molecule has 2 unspecified atom stereocenters. The molecule has 0 radical (unpaired) electrons. The second kappa shape index (κ2) is 6.75. The molecule has 24 heavy (non-hydrogen) atoms. The first-order valence-electron chi connectivity index (χ1n) is 7.89. The van der Waals surface area contributed by atoms with Crippen molar-refractivity contribution in [3.63, 3.8) is 0 Å². The van der Waals surface area contributed by atoms with Crippen LogP contribution < -0.4 is 5.73 Å². The van der Waals surface area contributed by atoms with Crippen LogP contribution in [0.15, 0.2) is 58.3 Å². The molecule has 124 valence electrons. The Labute approximate surface area is 152 Å². The lowest BCUT2D eigenvalue weighted by atomic mass is 9.77. The van der Waals surface area contributed by atoms with Crippen LogP contribution in [0.1, 0.15) is 40.0 Å². The van der Waals surface area contributed by atoms with Crippen molar-refractivity contribution in [1.82, 2.24) is 0 Å². The molecule has 0 spiro atoms. The van der Waals surface area contributed by atoms with E-state index in [4.69, 9.17) is 5.73 Å². The second-order valence-electron chi connectivity index (χ2n) is 6.21. The van der Waals surface area contributed by atoms with E-state index < -0.39 is 11.5 Å². The Morgan fingerprint density at radius 2 is 1.50 bits per heavy atom. The smallest absolute Gasteiger partial charge is 0.184 e. The standard InChI is InChI=1S/C19H19NO2S2/c20-19(18(22)13-7-2-4-10-16(13)24)11-5-8-14(19)17(21)12-6-1-3-9-15(12)23/h1-4,6-7,9-10,14,23-24H,5,8,11,20H2. The van der Waals surface area contributed by atoms with Crippen LogP contribution in [0.5, 0.6) is 0 Å². The van der Waals surface area contributed by atoms with Gasteiger partial charge >= 0.3 is 0 Å². The summed E-state index contributed by atoms with van der Waals surface area (Å²) in [6.45, 7) is 0. The highest BCUT2D eigenvalue weighted by Gasteiger charge is 2.49. The number of carbonyl (C=O) groups excluding carboxylic acids is 2. The van der Waals surface area contributed by atoms with Gasteiger partial charge in [-0.3, -0.25) is 9.59 Å². The van der Waals surface area contributed by atoms with E-state index in [1.54, 1.807) is 36.4 Å². The molecule has 1 saturated carbocycles. The normalized spacial score (nSPS) is 23.2. The van der Waals surface area contributed by atoms with Crippen LogP contribution in [-0.4, -0.2) is 17.1 Å². The van der Waals surface area contributed by atoms with Gasteiger partial charge in [-0.2, -0.15) is 0 Å². The van der Waals surface area contributed by atoms with E-state index in [9.17, 15) is 9.59 Å². The number of nitrogens with two attached hydrogens (primary N) is 1. The van der Waals surface area contributed by atoms with Crippen LogP contribution in [0.4, 0.5) is 0 Å². The minimum Gasteiger partial charge on any atom is -0.318 e. The summed E-state index contributed by atoms with van der Waals surface area (Å²) in [5.74, 6) is -0.850. The molecule has 0 amide bonds. The fourth-order valence-corrected chi connectivity index (χ4v) is 3.99. The van der Waals surface area contributed by atoms with E-state index >= 15 is 0 Å². The fraction of sp³-hybridized carbons (Fsp3) is 0.263. The van der Waals surface area contributed by atoms with E-state index in [2.05, 4.69) is 25.3 Å². The number of rotatable bonds is 4. The van der Waals surface area contributed by atoms with Crippen molar-refractivity contribution >= 4 is 36.8 Å². The average Bonchev–Trinajstić information content (AvgIpc) is 2.97. The van der Waals surface area contributed by atoms with Crippen LogP contribution in [0.25, 0.3) is 0 Å². The molecule has 1 fully saturated rings. The van der Waals surface area contributed by atoms with E-state index in [1.165, 1.54) is 0 Å². The topological polar surface area (TPSA) is 60.2 Å². The number of Topliss-reactive ketones (excluding diaryl/α,β-unsaturated/α-hetero) is 2.